The van der Waals surface area contributed by atoms with Crippen molar-refractivity contribution >= 4 is 0 Å². The van der Waals surface area contributed by atoms with Crippen molar-refractivity contribution < 1.29 is 19.7 Å². The molecule has 0 bridgehead atoms. The van der Waals surface area contributed by atoms with Crippen LogP contribution in [-0.2, 0) is 5.60 Å². The average Bonchev–Trinajstić information content (AvgIpc) is 3.24. The Hall–Kier alpha value is -1.10. The molecular weight excluding hydrogens is 340 g/mol. The maximum absolute atomic E-state index is 12.1. The third-order valence-corrected chi connectivity index (χ3v) is 9.41. The fourth-order valence-corrected chi connectivity index (χ4v) is 7.59. The molecule has 7 atom stereocenters. The van der Waals surface area contributed by atoms with Gasteiger partial charge in [-0.3, -0.25) is 0 Å². The Morgan fingerprint density at radius 3 is 2.59 bits per heavy atom. The minimum absolute atomic E-state index is 0.0789. The quantitative estimate of drug-likeness (QED) is 0.654. The van der Waals surface area contributed by atoms with E-state index in [1.54, 1.807) is 12.5 Å². The lowest BCUT2D eigenvalue weighted by Gasteiger charge is -2.62. The molecule has 0 spiro atoms. The van der Waals surface area contributed by atoms with Gasteiger partial charge in [0.25, 0.3) is 0 Å². The highest BCUT2D eigenvalue weighted by atomic mass is 16.3. The number of allylic oxidation sites excluding steroid dienone is 1. The van der Waals surface area contributed by atoms with Gasteiger partial charge in [0.15, 0.2) is 0 Å². The van der Waals surface area contributed by atoms with E-state index in [2.05, 4.69) is 19.9 Å². The van der Waals surface area contributed by atoms with Crippen LogP contribution in [0, 0.1) is 22.7 Å². The molecule has 0 aliphatic heterocycles. The Bertz CT molecular complexity index is 769. The second kappa shape index (κ2) is 5.49. The maximum Gasteiger partial charge on any atom is 0.101 e. The van der Waals surface area contributed by atoms with E-state index < -0.39 is 16.6 Å². The number of aliphatic hydroxyl groups excluding tert-OH is 1. The lowest BCUT2D eigenvalue weighted by Crippen LogP contribution is -2.63. The molecule has 1 aromatic heterocycles. The van der Waals surface area contributed by atoms with Gasteiger partial charge in [-0.15, -0.1) is 0 Å². The normalized spacial score (nSPS) is 51.9. The van der Waals surface area contributed by atoms with Crippen molar-refractivity contribution in [1.82, 2.24) is 0 Å². The summed E-state index contributed by atoms with van der Waals surface area (Å²) in [5.41, 5.74) is -0.191. The summed E-state index contributed by atoms with van der Waals surface area (Å²) in [6, 6.07) is 1.85. The number of rotatable bonds is 1. The van der Waals surface area contributed by atoms with Gasteiger partial charge in [0.1, 0.15) is 5.60 Å². The van der Waals surface area contributed by atoms with Crippen LogP contribution < -0.4 is 0 Å². The zero-order valence-electron chi connectivity index (χ0n) is 16.4. The minimum atomic E-state index is -1.03. The van der Waals surface area contributed by atoms with Crippen LogP contribution in [0.15, 0.2) is 34.7 Å². The van der Waals surface area contributed by atoms with Crippen LogP contribution >= 0.6 is 0 Å². The summed E-state index contributed by atoms with van der Waals surface area (Å²) in [5.74, 6) is 0.593. The largest absolute Gasteiger partial charge is 0.472 e. The van der Waals surface area contributed by atoms with Crippen LogP contribution in [0.5, 0.6) is 0 Å². The summed E-state index contributed by atoms with van der Waals surface area (Å²) < 4.78 is 5.28. The van der Waals surface area contributed by atoms with Crippen LogP contribution in [0.2, 0.25) is 0 Å². The highest BCUT2D eigenvalue weighted by Gasteiger charge is 2.71. The Balaban J connectivity index is 1.56. The van der Waals surface area contributed by atoms with Crippen molar-refractivity contribution in [2.75, 3.05) is 0 Å². The molecule has 3 N–H and O–H groups in total. The Morgan fingerprint density at radius 1 is 1.04 bits per heavy atom. The molecule has 5 rings (SSSR count). The molecule has 0 radical (unpaired) electrons. The average molecular weight is 373 g/mol. The first-order valence-electron chi connectivity index (χ1n) is 10.6. The Kier molecular flexibility index (Phi) is 3.65. The van der Waals surface area contributed by atoms with Crippen LogP contribution in [0.25, 0.3) is 0 Å². The SMILES string of the molecule is C[C@]12CC[C@H]3[C@@H](CC=C4C[C@@H](O)CC[C@@]43C)[C@@]1(O)CC[C@]2(O)c1ccoc1. The van der Waals surface area contributed by atoms with E-state index in [-0.39, 0.29) is 17.4 Å². The molecule has 0 unspecified atom stereocenters. The number of fused-ring (bicyclic) bond motifs is 5. The molecule has 4 aliphatic rings. The summed E-state index contributed by atoms with van der Waals surface area (Å²) >= 11 is 0. The molecule has 3 saturated carbocycles. The second-order valence-electron chi connectivity index (χ2n) is 10.2. The highest BCUT2D eigenvalue weighted by molar-refractivity contribution is 5.33. The monoisotopic (exact) mass is 372 g/mol. The highest BCUT2D eigenvalue weighted by Crippen LogP contribution is 2.70. The van der Waals surface area contributed by atoms with Crippen molar-refractivity contribution in [2.24, 2.45) is 22.7 Å². The van der Waals surface area contributed by atoms with Gasteiger partial charge in [-0.25, -0.2) is 0 Å². The van der Waals surface area contributed by atoms with E-state index in [9.17, 15) is 15.3 Å². The number of furan rings is 1. The lowest BCUT2D eigenvalue weighted by molar-refractivity contribution is -0.218. The summed E-state index contributed by atoms with van der Waals surface area (Å²) in [7, 11) is 0. The van der Waals surface area contributed by atoms with E-state index >= 15 is 0 Å². The van der Waals surface area contributed by atoms with Crippen molar-refractivity contribution in [3.63, 3.8) is 0 Å². The molecule has 27 heavy (non-hydrogen) atoms. The van der Waals surface area contributed by atoms with E-state index in [0.29, 0.717) is 18.8 Å². The van der Waals surface area contributed by atoms with Gasteiger partial charge in [-0.1, -0.05) is 25.5 Å². The molecule has 1 heterocycles. The zero-order chi connectivity index (χ0) is 19.1. The molecular formula is C23H32O4. The fourth-order valence-electron chi connectivity index (χ4n) is 7.59. The zero-order valence-corrected chi connectivity index (χ0v) is 16.4. The first kappa shape index (κ1) is 18.0. The topological polar surface area (TPSA) is 73.8 Å². The predicted octanol–water partition coefficient (Wildman–Crippen LogP) is 3.91. The van der Waals surface area contributed by atoms with E-state index in [4.69, 9.17) is 4.42 Å². The maximum atomic E-state index is 12.1. The number of hydrogen-bond donors (Lipinski definition) is 3. The van der Waals surface area contributed by atoms with Crippen LogP contribution in [0.4, 0.5) is 0 Å². The molecule has 4 heteroatoms. The molecule has 1 aromatic rings. The fraction of sp³-hybridized carbons (Fsp3) is 0.739. The van der Waals surface area contributed by atoms with Crippen molar-refractivity contribution in [1.29, 1.82) is 0 Å². The van der Waals surface area contributed by atoms with Gasteiger partial charge < -0.3 is 19.7 Å². The summed E-state index contributed by atoms with van der Waals surface area (Å²) in [5, 5.41) is 34.0. The number of hydrogen-bond acceptors (Lipinski definition) is 4. The van der Waals surface area contributed by atoms with Gasteiger partial charge >= 0.3 is 0 Å². The third-order valence-electron chi connectivity index (χ3n) is 9.41. The van der Waals surface area contributed by atoms with Gasteiger partial charge in [0.2, 0.25) is 0 Å². The molecule has 0 amide bonds. The summed E-state index contributed by atoms with van der Waals surface area (Å²) in [4.78, 5) is 0. The lowest BCUT2D eigenvalue weighted by atomic mass is 9.45. The predicted molar refractivity (Wildman–Crippen MR) is 102 cm³/mol. The second-order valence-corrected chi connectivity index (χ2v) is 10.2. The van der Waals surface area contributed by atoms with Crippen molar-refractivity contribution in [2.45, 2.75) is 82.5 Å². The van der Waals surface area contributed by atoms with Gasteiger partial charge in [-0.2, -0.15) is 0 Å². The van der Waals surface area contributed by atoms with Gasteiger partial charge in [-0.05, 0) is 74.7 Å². The minimum Gasteiger partial charge on any atom is -0.472 e. The first-order valence-corrected chi connectivity index (χ1v) is 10.6. The standard InChI is InChI=1S/C23H32O4/c1-20-8-5-17(24)13-15(20)3-4-19-18(20)6-9-21(2)22(25,10-11-23(19,21)26)16-7-12-27-14-16/h3,7,12,14,17-19,24-26H,4-6,8-11,13H2,1-2H3/t17-,18-,19+,20-,21+,22-,23-/m0/s1. The van der Waals surface area contributed by atoms with Crippen LogP contribution in [-0.4, -0.2) is 27.0 Å². The molecule has 0 aromatic carbocycles. The van der Waals surface area contributed by atoms with Gasteiger partial charge in [0.05, 0.1) is 24.2 Å². The summed E-state index contributed by atoms with van der Waals surface area (Å²) in [6.45, 7) is 4.44. The van der Waals surface area contributed by atoms with Gasteiger partial charge in [0, 0.05) is 11.0 Å². The first-order chi connectivity index (χ1) is 12.7. The van der Waals surface area contributed by atoms with Crippen LogP contribution in [0.3, 0.4) is 0 Å². The Labute approximate surface area is 161 Å². The molecule has 3 fully saturated rings. The smallest absolute Gasteiger partial charge is 0.101 e. The van der Waals surface area contributed by atoms with E-state index in [0.717, 1.165) is 44.1 Å². The Morgan fingerprint density at radius 2 is 1.85 bits per heavy atom. The molecule has 148 valence electrons. The molecule has 4 nitrogen and oxygen atoms in total. The van der Waals surface area contributed by atoms with E-state index in [1.807, 2.05) is 6.07 Å². The third kappa shape index (κ3) is 2.05. The van der Waals surface area contributed by atoms with Crippen LogP contribution in [0.1, 0.15) is 70.8 Å². The summed E-state index contributed by atoms with van der Waals surface area (Å²) in [6.07, 6.45) is 11.9. The van der Waals surface area contributed by atoms with Crippen molar-refractivity contribution in [3.8, 4) is 0 Å². The molecule has 4 aliphatic carbocycles. The molecule has 0 saturated heterocycles. The van der Waals surface area contributed by atoms with Crippen molar-refractivity contribution in [3.05, 3.63) is 35.8 Å². The van der Waals surface area contributed by atoms with E-state index in [1.165, 1.54) is 5.57 Å². The number of aliphatic hydroxyl groups is 3.